The monoisotopic (exact) mass is 361 g/mol. The number of amides is 1. The van der Waals surface area contributed by atoms with Gasteiger partial charge < -0.3 is 14.6 Å². The largest absolute Gasteiger partial charge is 0.496 e. The predicted octanol–water partition coefficient (Wildman–Crippen LogP) is 3.91. The molecule has 1 unspecified atom stereocenters. The third-order valence-corrected chi connectivity index (χ3v) is 6.16. The minimum absolute atomic E-state index is 0.125. The molecule has 27 heavy (non-hydrogen) atoms. The van der Waals surface area contributed by atoms with Gasteiger partial charge in [-0.1, -0.05) is 12.1 Å². The maximum atomic E-state index is 13.3. The average Bonchev–Trinajstić information content (AvgIpc) is 3.20. The summed E-state index contributed by atoms with van der Waals surface area (Å²) < 4.78 is 5.67. The third kappa shape index (κ3) is 2.60. The van der Waals surface area contributed by atoms with Crippen molar-refractivity contribution in [1.82, 2.24) is 14.9 Å². The van der Waals surface area contributed by atoms with Gasteiger partial charge in [0.25, 0.3) is 5.91 Å². The first-order valence-corrected chi connectivity index (χ1v) is 9.66. The number of aryl methyl sites for hydroxylation is 1. The number of carbonyl (C=O) groups excluding carboxylic acids is 1. The average molecular weight is 361 g/mol. The van der Waals surface area contributed by atoms with E-state index < -0.39 is 0 Å². The van der Waals surface area contributed by atoms with Gasteiger partial charge in [0.1, 0.15) is 5.75 Å². The summed E-state index contributed by atoms with van der Waals surface area (Å²) in [5.41, 5.74) is 5.23. The van der Waals surface area contributed by atoms with Crippen molar-refractivity contribution in [3.05, 3.63) is 59.4 Å². The second kappa shape index (κ2) is 6.41. The van der Waals surface area contributed by atoms with E-state index in [0.29, 0.717) is 5.92 Å². The summed E-state index contributed by atoms with van der Waals surface area (Å²) in [6, 6.07) is 12.3. The van der Waals surface area contributed by atoms with Crippen LogP contribution in [0.1, 0.15) is 46.7 Å². The van der Waals surface area contributed by atoms with Crippen LogP contribution in [0.25, 0.3) is 11.0 Å². The Morgan fingerprint density at radius 1 is 1.26 bits per heavy atom. The van der Waals surface area contributed by atoms with Crippen LogP contribution >= 0.6 is 0 Å². The number of piperidine rings is 1. The smallest absolute Gasteiger partial charge is 0.254 e. The highest BCUT2D eigenvalue weighted by Gasteiger charge is 2.40. The van der Waals surface area contributed by atoms with Gasteiger partial charge in [0.05, 0.1) is 24.5 Å². The van der Waals surface area contributed by atoms with Gasteiger partial charge in [-0.2, -0.15) is 0 Å². The minimum atomic E-state index is 0.125. The molecule has 2 atom stereocenters. The first kappa shape index (κ1) is 16.4. The number of H-pyrrole nitrogens is 1. The number of nitrogens with one attached hydrogen (secondary N) is 1. The third-order valence-electron chi connectivity index (χ3n) is 6.16. The molecular formula is C22H23N3O2. The van der Waals surface area contributed by atoms with Crippen molar-refractivity contribution >= 4 is 16.9 Å². The number of aromatic nitrogens is 2. The molecule has 1 amide bonds. The van der Waals surface area contributed by atoms with Crippen molar-refractivity contribution in [1.29, 1.82) is 0 Å². The van der Waals surface area contributed by atoms with Crippen LogP contribution in [0.2, 0.25) is 0 Å². The summed E-state index contributed by atoms with van der Waals surface area (Å²) in [6.45, 7) is 0.825. The fraction of sp³-hybridized carbons (Fsp3) is 0.364. The molecule has 5 nitrogen and oxygen atoms in total. The molecule has 1 aliphatic heterocycles. The van der Waals surface area contributed by atoms with Crippen LogP contribution in [0.5, 0.6) is 5.75 Å². The van der Waals surface area contributed by atoms with Crippen molar-refractivity contribution in [2.45, 2.75) is 37.6 Å². The molecule has 0 bridgehead atoms. The molecule has 3 aromatic rings. The summed E-state index contributed by atoms with van der Waals surface area (Å²) in [5.74, 6) is 1.45. The lowest BCUT2D eigenvalue weighted by molar-refractivity contribution is 0.0544. The normalized spacial score (nSPS) is 21.6. The number of fused-ring (bicyclic) bond motifs is 4. The number of benzene rings is 2. The zero-order valence-electron chi connectivity index (χ0n) is 15.4. The van der Waals surface area contributed by atoms with E-state index in [2.05, 4.69) is 27.0 Å². The van der Waals surface area contributed by atoms with Crippen LogP contribution in [0, 0.1) is 0 Å². The molecule has 1 fully saturated rings. The summed E-state index contributed by atoms with van der Waals surface area (Å²) in [6.07, 6.45) is 5.82. The van der Waals surface area contributed by atoms with Crippen LogP contribution in [-0.2, 0) is 6.42 Å². The molecule has 0 saturated carbocycles. The van der Waals surface area contributed by atoms with Crippen molar-refractivity contribution in [2.24, 2.45) is 0 Å². The van der Waals surface area contributed by atoms with Crippen LogP contribution in [0.3, 0.4) is 0 Å². The minimum Gasteiger partial charge on any atom is -0.496 e. The van der Waals surface area contributed by atoms with Crippen LogP contribution < -0.4 is 4.74 Å². The summed E-state index contributed by atoms with van der Waals surface area (Å²) in [5, 5.41) is 0. The van der Waals surface area contributed by atoms with Crippen LogP contribution in [-0.4, -0.2) is 40.5 Å². The number of hydrogen-bond donors (Lipinski definition) is 1. The second-order valence-electron chi connectivity index (χ2n) is 7.52. The van der Waals surface area contributed by atoms with E-state index >= 15 is 0 Å². The van der Waals surface area contributed by atoms with E-state index in [-0.39, 0.29) is 11.9 Å². The maximum Gasteiger partial charge on any atom is 0.254 e. The lowest BCUT2D eigenvalue weighted by Gasteiger charge is -2.45. The zero-order valence-corrected chi connectivity index (χ0v) is 15.4. The van der Waals surface area contributed by atoms with Gasteiger partial charge in [0, 0.05) is 29.6 Å². The number of carbonyl (C=O) groups is 1. The van der Waals surface area contributed by atoms with Gasteiger partial charge >= 0.3 is 0 Å². The Morgan fingerprint density at radius 3 is 3.07 bits per heavy atom. The molecule has 1 aromatic heterocycles. The van der Waals surface area contributed by atoms with Crippen molar-refractivity contribution in [2.75, 3.05) is 13.7 Å². The fourth-order valence-corrected chi connectivity index (χ4v) is 4.95. The Labute approximate surface area is 158 Å². The van der Waals surface area contributed by atoms with E-state index in [1.54, 1.807) is 13.4 Å². The molecule has 2 aliphatic rings. The highest BCUT2D eigenvalue weighted by Crippen LogP contribution is 2.45. The predicted molar refractivity (Wildman–Crippen MR) is 104 cm³/mol. The lowest BCUT2D eigenvalue weighted by atomic mass is 9.73. The lowest BCUT2D eigenvalue weighted by Crippen LogP contribution is -2.49. The van der Waals surface area contributed by atoms with E-state index in [4.69, 9.17) is 4.74 Å². The number of nitrogens with zero attached hydrogens (tertiary/aromatic N) is 2. The quantitative estimate of drug-likeness (QED) is 0.753. The molecular weight excluding hydrogens is 338 g/mol. The Kier molecular flexibility index (Phi) is 3.88. The SMILES string of the molecule is COc1cccc2c1C1CCCN(C(=O)c3ccc4nc[nH]c4c3)[C@@H]1CC2. The summed E-state index contributed by atoms with van der Waals surface area (Å²) in [4.78, 5) is 22.8. The van der Waals surface area contributed by atoms with Gasteiger partial charge in [-0.25, -0.2) is 4.98 Å². The van der Waals surface area contributed by atoms with Crippen molar-refractivity contribution in [3.8, 4) is 5.75 Å². The van der Waals surface area contributed by atoms with E-state index in [1.165, 1.54) is 11.1 Å². The Hall–Kier alpha value is -2.82. The van der Waals surface area contributed by atoms with Crippen LogP contribution in [0.4, 0.5) is 0 Å². The van der Waals surface area contributed by atoms with Crippen LogP contribution in [0.15, 0.2) is 42.7 Å². The summed E-state index contributed by atoms with van der Waals surface area (Å²) in [7, 11) is 1.74. The second-order valence-corrected chi connectivity index (χ2v) is 7.52. The molecule has 0 radical (unpaired) electrons. The summed E-state index contributed by atoms with van der Waals surface area (Å²) >= 11 is 0. The standard InChI is InChI=1S/C22H23N3O2/c1-27-20-6-2-4-14-8-10-19-16(21(14)20)5-3-11-25(19)22(26)15-7-9-17-18(12-15)24-13-23-17/h2,4,6-7,9,12-13,16,19H,3,5,8,10-11H2,1H3,(H,23,24)/t16?,19-/m1/s1. The molecule has 5 heteroatoms. The zero-order chi connectivity index (χ0) is 18.4. The number of hydrogen-bond acceptors (Lipinski definition) is 3. The van der Waals surface area contributed by atoms with Gasteiger partial charge in [0.2, 0.25) is 0 Å². The number of ether oxygens (including phenoxy) is 1. The van der Waals surface area contributed by atoms with Crippen molar-refractivity contribution < 1.29 is 9.53 Å². The Balaban J connectivity index is 1.50. The molecule has 2 aromatic carbocycles. The first-order valence-electron chi connectivity index (χ1n) is 9.66. The molecule has 2 heterocycles. The molecule has 1 aliphatic carbocycles. The maximum absolute atomic E-state index is 13.3. The first-order chi connectivity index (χ1) is 13.3. The number of imidazole rings is 1. The Morgan fingerprint density at radius 2 is 2.19 bits per heavy atom. The van der Waals surface area contributed by atoms with Gasteiger partial charge in [-0.15, -0.1) is 0 Å². The number of aromatic amines is 1. The number of rotatable bonds is 2. The Bertz CT molecular complexity index is 995. The highest BCUT2D eigenvalue weighted by molar-refractivity contribution is 5.97. The molecule has 5 rings (SSSR count). The topological polar surface area (TPSA) is 58.2 Å². The van der Waals surface area contributed by atoms with E-state index in [1.807, 2.05) is 24.3 Å². The fourth-order valence-electron chi connectivity index (χ4n) is 4.95. The van der Waals surface area contributed by atoms with Gasteiger partial charge in [0.15, 0.2) is 0 Å². The van der Waals surface area contributed by atoms with E-state index in [0.717, 1.165) is 54.6 Å². The molecule has 1 N–H and O–H groups in total. The number of methoxy groups -OCH3 is 1. The molecule has 1 saturated heterocycles. The number of likely N-dealkylation sites (tertiary alicyclic amines) is 1. The molecule has 0 spiro atoms. The molecule has 138 valence electrons. The highest BCUT2D eigenvalue weighted by atomic mass is 16.5. The van der Waals surface area contributed by atoms with Gasteiger partial charge in [-0.05, 0) is 55.5 Å². The van der Waals surface area contributed by atoms with Gasteiger partial charge in [-0.3, -0.25) is 4.79 Å². The van der Waals surface area contributed by atoms with E-state index in [9.17, 15) is 4.79 Å². The van der Waals surface area contributed by atoms with Crippen molar-refractivity contribution in [3.63, 3.8) is 0 Å².